The molecule has 0 amide bonds. The van der Waals surface area contributed by atoms with Crippen LogP contribution < -0.4 is 0 Å². The third-order valence-electron chi connectivity index (χ3n) is 11.4. The molecule has 32 heavy (non-hydrogen) atoms. The van der Waals surface area contributed by atoms with Crippen molar-refractivity contribution in [2.75, 3.05) is 0 Å². The Balaban J connectivity index is 1.57. The van der Waals surface area contributed by atoms with Crippen molar-refractivity contribution in [1.29, 1.82) is 0 Å². The molecule has 0 aromatic heterocycles. The summed E-state index contributed by atoms with van der Waals surface area (Å²) in [6.45, 7) is 16.8. The number of hydrogen-bond donors (Lipinski definition) is 0. The summed E-state index contributed by atoms with van der Waals surface area (Å²) in [6, 6.07) is 0. The second-order valence-corrected chi connectivity index (χ2v) is 14.1. The first kappa shape index (κ1) is 24.6. The number of rotatable bonds is 6. The zero-order valence-electron chi connectivity index (χ0n) is 22.3. The van der Waals surface area contributed by atoms with Crippen molar-refractivity contribution in [2.45, 2.75) is 132 Å². The van der Waals surface area contributed by atoms with E-state index in [-0.39, 0.29) is 12.1 Å². The van der Waals surface area contributed by atoms with Crippen molar-refractivity contribution in [3.8, 4) is 0 Å². The van der Waals surface area contributed by atoms with Gasteiger partial charge in [-0.05, 0) is 97.2 Å². The zero-order chi connectivity index (χ0) is 23.3. The van der Waals surface area contributed by atoms with Crippen molar-refractivity contribution in [3.63, 3.8) is 0 Å². The normalized spacial score (nSPS) is 44.0. The van der Waals surface area contributed by atoms with E-state index in [1.807, 2.05) is 0 Å². The maximum absolute atomic E-state index is 12.1. The largest absolute Gasteiger partial charge is 0.462 e. The van der Waals surface area contributed by atoms with Crippen molar-refractivity contribution < 1.29 is 9.53 Å². The molecule has 2 heteroatoms. The number of carbonyl (C=O) groups excluding carboxylic acids is 1. The summed E-state index contributed by atoms with van der Waals surface area (Å²) in [7, 11) is 0. The van der Waals surface area contributed by atoms with E-state index in [1.165, 1.54) is 70.6 Å². The van der Waals surface area contributed by atoms with Crippen LogP contribution in [0.15, 0.2) is 0 Å². The fourth-order valence-corrected chi connectivity index (χ4v) is 10.1. The van der Waals surface area contributed by atoms with Crippen LogP contribution in [0.3, 0.4) is 0 Å². The topological polar surface area (TPSA) is 26.3 Å². The van der Waals surface area contributed by atoms with Gasteiger partial charge in [-0.15, -0.1) is 0 Å². The van der Waals surface area contributed by atoms with Crippen LogP contribution in [-0.4, -0.2) is 12.1 Å². The number of fused-ring (bicyclic) bond motifs is 5. The van der Waals surface area contributed by atoms with Crippen LogP contribution in [0.1, 0.15) is 126 Å². The summed E-state index contributed by atoms with van der Waals surface area (Å²) in [4.78, 5) is 12.1. The Bertz CT molecular complexity index is 680. The monoisotopic (exact) mass is 444 g/mol. The molecule has 0 saturated heterocycles. The quantitative estimate of drug-likeness (QED) is 0.384. The van der Waals surface area contributed by atoms with E-state index in [9.17, 15) is 4.79 Å². The van der Waals surface area contributed by atoms with Crippen LogP contribution in [0.25, 0.3) is 0 Å². The van der Waals surface area contributed by atoms with Gasteiger partial charge in [0.05, 0.1) is 0 Å². The molecular formula is C30H52O2. The highest BCUT2D eigenvalue weighted by Crippen LogP contribution is 2.70. The minimum atomic E-state index is -0.0597. The Kier molecular flexibility index (Phi) is 6.85. The summed E-state index contributed by atoms with van der Waals surface area (Å²) in [6.07, 6.45) is 16.4. The van der Waals surface area contributed by atoms with Gasteiger partial charge in [0.1, 0.15) is 6.10 Å². The van der Waals surface area contributed by atoms with Gasteiger partial charge in [0.2, 0.25) is 0 Å². The zero-order valence-corrected chi connectivity index (χ0v) is 22.3. The molecule has 4 rings (SSSR count). The Labute approximate surface area is 199 Å². The molecule has 0 bridgehead atoms. The number of esters is 1. The van der Waals surface area contributed by atoms with Crippen LogP contribution in [0.4, 0.5) is 0 Å². The molecule has 4 aliphatic carbocycles. The lowest BCUT2D eigenvalue weighted by Gasteiger charge is -2.62. The first-order valence-electron chi connectivity index (χ1n) is 14.2. The molecule has 2 nitrogen and oxygen atoms in total. The standard InChI is InChI=1S/C30H52O2/c1-20(2)11-10-16-28(4,5)27-14-13-23-22-19-26(32-21(3)31)25-12-8-9-17-29(25,6)24(22)15-18-30(23,27)7/h20,22-27H,8-19H2,1-7H3/t22?,23?,24?,25?,26-,27?,29+,30-/m0/s1. The highest BCUT2D eigenvalue weighted by Gasteiger charge is 2.63. The average molecular weight is 445 g/mol. The number of carbonyl (C=O) groups is 1. The first-order valence-corrected chi connectivity index (χ1v) is 14.2. The second kappa shape index (κ2) is 8.92. The SMILES string of the molecule is CC(=O)O[C@H]1CC2C3CCC(C(C)(C)CCCC(C)C)[C@@]3(C)CCC2[C@@]2(C)CCCCC12. The van der Waals surface area contributed by atoms with Crippen LogP contribution in [0, 0.1) is 51.8 Å². The Morgan fingerprint density at radius 2 is 1.69 bits per heavy atom. The summed E-state index contributed by atoms with van der Waals surface area (Å²) in [5.41, 5.74) is 1.29. The molecule has 5 unspecified atom stereocenters. The fraction of sp³-hybridized carbons (Fsp3) is 0.967. The van der Waals surface area contributed by atoms with E-state index >= 15 is 0 Å². The van der Waals surface area contributed by atoms with Gasteiger partial charge in [0, 0.05) is 12.8 Å². The van der Waals surface area contributed by atoms with Gasteiger partial charge in [0.25, 0.3) is 0 Å². The van der Waals surface area contributed by atoms with E-state index < -0.39 is 0 Å². The molecule has 0 heterocycles. The maximum atomic E-state index is 12.1. The lowest BCUT2D eigenvalue weighted by atomic mass is 9.43. The molecule has 4 aliphatic rings. The van der Waals surface area contributed by atoms with Crippen molar-refractivity contribution in [3.05, 3.63) is 0 Å². The molecule has 0 radical (unpaired) electrons. The predicted octanol–water partition coefficient (Wildman–Crippen LogP) is 8.43. The van der Waals surface area contributed by atoms with E-state index in [2.05, 4.69) is 41.5 Å². The third-order valence-corrected chi connectivity index (χ3v) is 11.4. The molecule has 4 fully saturated rings. The van der Waals surface area contributed by atoms with Gasteiger partial charge in [0.15, 0.2) is 0 Å². The maximum Gasteiger partial charge on any atom is 0.302 e. The minimum Gasteiger partial charge on any atom is -0.462 e. The third kappa shape index (κ3) is 4.19. The molecular weight excluding hydrogens is 392 g/mol. The molecule has 4 saturated carbocycles. The number of ether oxygens (including phenoxy) is 1. The lowest BCUT2D eigenvalue weighted by Crippen LogP contribution is -2.58. The van der Waals surface area contributed by atoms with E-state index in [1.54, 1.807) is 6.92 Å². The van der Waals surface area contributed by atoms with Gasteiger partial charge in [-0.1, -0.05) is 67.2 Å². The second-order valence-electron chi connectivity index (χ2n) is 14.1. The molecule has 184 valence electrons. The van der Waals surface area contributed by atoms with Gasteiger partial charge in [-0.2, -0.15) is 0 Å². The minimum absolute atomic E-state index is 0.0597. The molecule has 0 aliphatic heterocycles. The first-order chi connectivity index (χ1) is 15.0. The van der Waals surface area contributed by atoms with Crippen LogP contribution in [-0.2, 0) is 9.53 Å². The van der Waals surface area contributed by atoms with Crippen molar-refractivity contribution >= 4 is 5.97 Å². The number of hydrogen-bond acceptors (Lipinski definition) is 2. The Morgan fingerprint density at radius 1 is 0.969 bits per heavy atom. The highest BCUT2D eigenvalue weighted by molar-refractivity contribution is 5.66. The van der Waals surface area contributed by atoms with Crippen LogP contribution >= 0.6 is 0 Å². The van der Waals surface area contributed by atoms with Gasteiger partial charge in [-0.25, -0.2) is 0 Å². The van der Waals surface area contributed by atoms with Gasteiger partial charge >= 0.3 is 5.97 Å². The Hall–Kier alpha value is -0.530. The van der Waals surface area contributed by atoms with Crippen molar-refractivity contribution in [1.82, 2.24) is 0 Å². The van der Waals surface area contributed by atoms with E-state index in [0.29, 0.717) is 22.2 Å². The molecule has 0 aromatic rings. The van der Waals surface area contributed by atoms with Crippen LogP contribution in [0.5, 0.6) is 0 Å². The van der Waals surface area contributed by atoms with Gasteiger partial charge in [-0.3, -0.25) is 4.79 Å². The Morgan fingerprint density at radius 3 is 2.38 bits per heavy atom. The summed E-state index contributed by atoms with van der Waals surface area (Å²) < 4.78 is 6.09. The highest BCUT2D eigenvalue weighted by atomic mass is 16.5. The molecule has 0 spiro atoms. The fourth-order valence-electron chi connectivity index (χ4n) is 10.1. The molecule has 8 atom stereocenters. The molecule has 0 N–H and O–H groups in total. The van der Waals surface area contributed by atoms with Gasteiger partial charge < -0.3 is 4.74 Å². The lowest BCUT2D eigenvalue weighted by molar-refractivity contribution is -0.186. The summed E-state index contributed by atoms with van der Waals surface area (Å²) in [5, 5.41) is 0. The van der Waals surface area contributed by atoms with Crippen molar-refractivity contribution in [2.24, 2.45) is 51.8 Å². The summed E-state index contributed by atoms with van der Waals surface area (Å²) >= 11 is 0. The average Bonchev–Trinajstić information content (AvgIpc) is 3.05. The van der Waals surface area contributed by atoms with E-state index in [4.69, 9.17) is 4.74 Å². The predicted molar refractivity (Wildman–Crippen MR) is 133 cm³/mol. The van der Waals surface area contributed by atoms with Crippen LogP contribution in [0.2, 0.25) is 0 Å². The van der Waals surface area contributed by atoms with E-state index in [0.717, 1.165) is 36.0 Å². The smallest absolute Gasteiger partial charge is 0.302 e. The summed E-state index contributed by atoms with van der Waals surface area (Å²) in [5.74, 6) is 4.63. The molecule has 0 aromatic carbocycles.